The lowest BCUT2D eigenvalue weighted by Gasteiger charge is -2.28. The van der Waals surface area contributed by atoms with Gasteiger partial charge in [-0.25, -0.2) is 19.3 Å². The van der Waals surface area contributed by atoms with E-state index >= 15 is 0 Å². The Morgan fingerprint density at radius 1 is 0.806 bits per heavy atom. The van der Waals surface area contributed by atoms with Crippen LogP contribution in [-0.2, 0) is 27.4 Å². The van der Waals surface area contributed by atoms with Gasteiger partial charge in [0.05, 0.1) is 6.54 Å². The SMILES string of the molecule is CC(C)(C)OC(=O)N(Cc1ccc(NC(=N)NC(=O)OCc2ccccc2)cc1)C(=O)OC(C)(C)C. The molecular formula is C26H34N4O6. The molecule has 0 radical (unpaired) electrons. The average molecular weight is 499 g/mol. The summed E-state index contributed by atoms with van der Waals surface area (Å²) in [6, 6.07) is 15.8. The molecule has 0 aromatic heterocycles. The lowest BCUT2D eigenvalue weighted by Crippen LogP contribution is -2.43. The van der Waals surface area contributed by atoms with Crippen LogP contribution in [0.4, 0.5) is 20.1 Å². The molecule has 3 amide bonds. The first-order valence-corrected chi connectivity index (χ1v) is 11.4. The highest BCUT2D eigenvalue weighted by Crippen LogP contribution is 2.18. The zero-order valence-corrected chi connectivity index (χ0v) is 21.5. The van der Waals surface area contributed by atoms with E-state index in [9.17, 15) is 14.4 Å². The second kappa shape index (κ2) is 12.1. The number of imide groups is 1. The molecule has 0 spiro atoms. The van der Waals surface area contributed by atoms with Crippen LogP contribution in [0.15, 0.2) is 54.6 Å². The summed E-state index contributed by atoms with van der Waals surface area (Å²) in [4.78, 5) is 38.1. The fraction of sp³-hybridized carbons (Fsp3) is 0.385. The second-order valence-electron chi connectivity index (χ2n) is 9.93. The van der Waals surface area contributed by atoms with Crippen molar-refractivity contribution in [3.05, 3.63) is 65.7 Å². The number of benzene rings is 2. The topological polar surface area (TPSA) is 130 Å². The van der Waals surface area contributed by atoms with E-state index in [-0.39, 0.29) is 19.1 Å². The lowest BCUT2D eigenvalue weighted by atomic mass is 10.2. The predicted molar refractivity (Wildman–Crippen MR) is 136 cm³/mol. The highest BCUT2D eigenvalue weighted by atomic mass is 16.6. The van der Waals surface area contributed by atoms with Crippen LogP contribution >= 0.6 is 0 Å². The van der Waals surface area contributed by atoms with Crippen molar-refractivity contribution < 1.29 is 28.6 Å². The van der Waals surface area contributed by atoms with Crippen molar-refractivity contribution >= 4 is 29.9 Å². The number of nitrogens with zero attached hydrogens (tertiary/aromatic N) is 1. The Kier molecular flexibility index (Phi) is 9.43. The second-order valence-corrected chi connectivity index (χ2v) is 9.93. The number of alkyl carbamates (subject to hydrolysis) is 1. The number of anilines is 1. The minimum absolute atomic E-state index is 0.0778. The van der Waals surface area contributed by atoms with Gasteiger partial charge in [-0.1, -0.05) is 42.5 Å². The van der Waals surface area contributed by atoms with E-state index in [2.05, 4.69) is 10.6 Å². The Bertz CT molecular complexity index is 1030. The van der Waals surface area contributed by atoms with Crippen LogP contribution in [0.5, 0.6) is 0 Å². The number of carbonyl (C=O) groups excluding carboxylic acids is 3. The van der Waals surface area contributed by atoms with Crippen molar-refractivity contribution in [2.45, 2.75) is 65.9 Å². The number of rotatable bonds is 5. The normalized spacial score (nSPS) is 11.2. The van der Waals surface area contributed by atoms with Crippen molar-refractivity contribution in [2.24, 2.45) is 0 Å². The molecule has 0 fully saturated rings. The predicted octanol–water partition coefficient (Wildman–Crippen LogP) is 5.63. The summed E-state index contributed by atoms with van der Waals surface area (Å²) in [7, 11) is 0. The van der Waals surface area contributed by atoms with Gasteiger partial charge >= 0.3 is 18.3 Å². The zero-order chi connectivity index (χ0) is 26.9. The van der Waals surface area contributed by atoms with Gasteiger partial charge < -0.3 is 19.5 Å². The summed E-state index contributed by atoms with van der Waals surface area (Å²) >= 11 is 0. The Balaban J connectivity index is 1.96. The highest BCUT2D eigenvalue weighted by Gasteiger charge is 2.31. The first kappa shape index (κ1) is 28.2. The molecule has 0 saturated heterocycles. The van der Waals surface area contributed by atoms with Gasteiger partial charge in [0, 0.05) is 5.69 Å². The third kappa shape index (κ3) is 10.5. The quantitative estimate of drug-likeness (QED) is 0.277. The molecule has 2 aromatic carbocycles. The van der Waals surface area contributed by atoms with Gasteiger partial charge in [0.1, 0.15) is 17.8 Å². The van der Waals surface area contributed by atoms with Crippen LogP contribution in [0.2, 0.25) is 0 Å². The van der Waals surface area contributed by atoms with Crippen molar-refractivity contribution in [2.75, 3.05) is 5.32 Å². The minimum atomic E-state index is -0.820. The highest BCUT2D eigenvalue weighted by molar-refractivity contribution is 6.00. The molecule has 0 heterocycles. The summed E-state index contributed by atoms with van der Waals surface area (Å²) in [5.74, 6) is -0.273. The maximum absolute atomic E-state index is 12.7. The summed E-state index contributed by atoms with van der Waals surface area (Å²) in [5, 5.41) is 13.0. The molecule has 0 aliphatic heterocycles. The van der Waals surface area contributed by atoms with Crippen LogP contribution in [0, 0.1) is 5.41 Å². The van der Waals surface area contributed by atoms with Gasteiger partial charge in [-0.05, 0) is 64.8 Å². The number of amides is 3. The lowest BCUT2D eigenvalue weighted by molar-refractivity contribution is -0.000260. The Morgan fingerprint density at radius 3 is 1.83 bits per heavy atom. The van der Waals surface area contributed by atoms with E-state index in [1.54, 1.807) is 65.8 Å². The van der Waals surface area contributed by atoms with Gasteiger partial charge in [0.2, 0.25) is 5.96 Å². The van der Waals surface area contributed by atoms with Gasteiger partial charge in [-0.15, -0.1) is 0 Å². The van der Waals surface area contributed by atoms with Crippen LogP contribution in [0.3, 0.4) is 0 Å². The fourth-order valence-electron chi connectivity index (χ4n) is 2.75. The Labute approximate surface area is 211 Å². The van der Waals surface area contributed by atoms with Crippen molar-refractivity contribution in [3.8, 4) is 0 Å². The largest absolute Gasteiger partial charge is 0.444 e. The van der Waals surface area contributed by atoms with Gasteiger partial charge in [0.15, 0.2) is 0 Å². The maximum atomic E-state index is 12.7. The van der Waals surface area contributed by atoms with Gasteiger partial charge in [-0.3, -0.25) is 10.7 Å². The van der Waals surface area contributed by atoms with Gasteiger partial charge in [0.25, 0.3) is 0 Å². The molecule has 2 aromatic rings. The molecule has 194 valence electrons. The number of hydrogen-bond acceptors (Lipinski definition) is 7. The van der Waals surface area contributed by atoms with Crippen molar-refractivity contribution in [3.63, 3.8) is 0 Å². The van der Waals surface area contributed by atoms with Crippen LogP contribution in [-0.4, -0.2) is 40.3 Å². The third-order valence-corrected chi connectivity index (χ3v) is 4.23. The molecule has 0 bridgehead atoms. The smallest absolute Gasteiger partial charge is 0.420 e. The first-order chi connectivity index (χ1) is 16.7. The third-order valence-electron chi connectivity index (χ3n) is 4.23. The van der Waals surface area contributed by atoms with E-state index in [1.165, 1.54) is 0 Å². The molecule has 10 nitrogen and oxygen atoms in total. The fourth-order valence-corrected chi connectivity index (χ4v) is 2.75. The van der Waals surface area contributed by atoms with Crippen molar-refractivity contribution in [1.82, 2.24) is 10.2 Å². The average Bonchev–Trinajstić information content (AvgIpc) is 2.75. The number of hydrogen-bond donors (Lipinski definition) is 3. The van der Waals surface area contributed by atoms with E-state index in [0.29, 0.717) is 11.3 Å². The first-order valence-electron chi connectivity index (χ1n) is 11.4. The van der Waals surface area contributed by atoms with Crippen LogP contribution < -0.4 is 10.6 Å². The summed E-state index contributed by atoms with van der Waals surface area (Å²) < 4.78 is 15.8. The van der Waals surface area contributed by atoms with Crippen LogP contribution in [0.25, 0.3) is 0 Å². The van der Waals surface area contributed by atoms with Crippen LogP contribution in [0.1, 0.15) is 52.7 Å². The summed E-state index contributed by atoms with van der Waals surface area (Å²) in [6.45, 7) is 10.3. The van der Waals surface area contributed by atoms with E-state index in [1.807, 2.05) is 30.3 Å². The molecule has 10 heteroatoms. The maximum Gasteiger partial charge on any atom is 0.420 e. The van der Waals surface area contributed by atoms with Crippen molar-refractivity contribution in [1.29, 1.82) is 5.41 Å². The van der Waals surface area contributed by atoms with E-state index in [4.69, 9.17) is 19.6 Å². The molecule has 36 heavy (non-hydrogen) atoms. The minimum Gasteiger partial charge on any atom is -0.444 e. The number of ether oxygens (including phenoxy) is 3. The monoisotopic (exact) mass is 498 g/mol. The zero-order valence-electron chi connectivity index (χ0n) is 21.5. The molecule has 3 N–H and O–H groups in total. The van der Waals surface area contributed by atoms with Gasteiger partial charge in [-0.2, -0.15) is 0 Å². The molecule has 0 atom stereocenters. The number of carbonyl (C=O) groups is 3. The Hall–Kier alpha value is -4.08. The van der Waals surface area contributed by atoms with E-state index in [0.717, 1.165) is 10.5 Å². The summed E-state index contributed by atoms with van der Waals surface area (Å²) in [6.07, 6.45) is -2.41. The summed E-state index contributed by atoms with van der Waals surface area (Å²) in [5.41, 5.74) is 0.378. The molecular weight excluding hydrogens is 464 g/mol. The Morgan fingerprint density at radius 2 is 1.33 bits per heavy atom. The standard InChI is InChI=1S/C26H34N4O6/c1-25(2,3)35-23(32)30(24(33)36-26(4,5)6)16-18-12-14-20(15-13-18)28-21(27)29-22(31)34-17-19-10-8-7-9-11-19/h7-15H,16-17H2,1-6H3,(H3,27,28,29,31). The molecule has 0 aliphatic carbocycles. The number of guanidine groups is 1. The molecule has 2 rings (SSSR count). The number of nitrogens with one attached hydrogen (secondary N) is 3. The molecule has 0 unspecified atom stereocenters. The molecule has 0 saturated carbocycles. The molecule has 0 aliphatic rings. The van der Waals surface area contributed by atoms with E-state index < -0.39 is 29.5 Å².